The predicted octanol–water partition coefficient (Wildman–Crippen LogP) is 1.51. The number of nitrogens with two attached hydrogens (primary N) is 1. The Hall–Kier alpha value is -1.52. The molecule has 0 aliphatic rings. The van der Waals surface area contributed by atoms with E-state index in [1.807, 2.05) is 0 Å². The molecule has 2 N–H and O–H groups in total. The van der Waals surface area contributed by atoms with Crippen LogP contribution in [0.4, 0.5) is 13.2 Å². The van der Waals surface area contributed by atoms with Crippen molar-refractivity contribution in [3.05, 3.63) is 34.6 Å². The van der Waals surface area contributed by atoms with Gasteiger partial charge in [-0.1, -0.05) is 0 Å². The Bertz CT molecular complexity index is 376. The minimum atomic E-state index is -1.67. The summed E-state index contributed by atoms with van der Waals surface area (Å²) in [5.41, 5.74) is 3.93. The molecule has 0 spiro atoms. The summed E-state index contributed by atoms with van der Waals surface area (Å²) in [4.78, 5) is 10.5. The van der Waals surface area contributed by atoms with E-state index >= 15 is 0 Å². The van der Waals surface area contributed by atoms with Gasteiger partial charge in [0.15, 0.2) is 17.5 Å². The fraction of sp³-hybridized carbons (Fsp3) is 0.125. The van der Waals surface area contributed by atoms with Crippen LogP contribution in [-0.4, -0.2) is 5.91 Å². The van der Waals surface area contributed by atoms with Gasteiger partial charge >= 0.3 is 0 Å². The molecule has 1 amide bonds. The molecule has 0 aliphatic carbocycles. The molecule has 0 unspecified atom stereocenters. The molecule has 5 heteroatoms. The van der Waals surface area contributed by atoms with Crippen molar-refractivity contribution < 1.29 is 18.0 Å². The van der Waals surface area contributed by atoms with Crippen molar-refractivity contribution in [2.24, 2.45) is 5.73 Å². The van der Waals surface area contributed by atoms with E-state index in [0.717, 1.165) is 6.07 Å². The summed E-state index contributed by atoms with van der Waals surface area (Å²) < 4.78 is 38.1. The molecule has 70 valence electrons. The first-order valence-electron chi connectivity index (χ1n) is 3.39. The quantitative estimate of drug-likeness (QED) is 0.668. The second kappa shape index (κ2) is 3.08. The van der Waals surface area contributed by atoms with Crippen LogP contribution in [0.25, 0.3) is 0 Å². The van der Waals surface area contributed by atoms with Crippen molar-refractivity contribution in [3.8, 4) is 0 Å². The van der Waals surface area contributed by atoms with E-state index in [-0.39, 0.29) is 5.56 Å². The first-order valence-corrected chi connectivity index (χ1v) is 3.39. The van der Waals surface area contributed by atoms with Gasteiger partial charge in [-0.15, -0.1) is 0 Å². The Morgan fingerprint density at radius 1 is 1.23 bits per heavy atom. The maximum Gasteiger partial charge on any atom is 0.251 e. The van der Waals surface area contributed by atoms with Crippen LogP contribution in [0.5, 0.6) is 0 Å². The molecule has 0 heterocycles. The van der Waals surface area contributed by atoms with Crippen LogP contribution < -0.4 is 5.73 Å². The van der Waals surface area contributed by atoms with E-state index in [1.54, 1.807) is 0 Å². The van der Waals surface area contributed by atoms with Gasteiger partial charge in [-0.2, -0.15) is 0 Å². The molecule has 1 rings (SSSR count). The van der Waals surface area contributed by atoms with E-state index in [9.17, 15) is 18.0 Å². The van der Waals surface area contributed by atoms with Crippen molar-refractivity contribution in [2.45, 2.75) is 6.92 Å². The molecular weight excluding hydrogens is 183 g/mol. The number of aryl methyl sites for hydroxylation is 1. The van der Waals surface area contributed by atoms with Crippen LogP contribution in [-0.2, 0) is 0 Å². The second-order valence-electron chi connectivity index (χ2n) is 2.55. The number of halogens is 3. The fourth-order valence-corrected chi connectivity index (χ4v) is 0.910. The van der Waals surface area contributed by atoms with Crippen molar-refractivity contribution in [2.75, 3.05) is 0 Å². The summed E-state index contributed by atoms with van der Waals surface area (Å²) in [5.74, 6) is -5.65. The third kappa shape index (κ3) is 1.49. The SMILES string of the molecule is Cc1cc(C(N)=O)c(F)c(F)c1F. The highest BCUT2D eigenvalue weighted by Gasteiger charge is 2.19. The van der Waals surface area contributed by atoms with Crippen LogP contribution >= 0.6 is 0 Å². The third-order valence-electron chi connectivity index (χ3n) is 1.59. The molecule has 13 heavy (non-hydrogen) atoms. The summed E-state index contributed by atoms with van der Waals surface area (Å²) in [5, 5.41) is 0. The third-order valence-corrected chi connectivity index (χ3v) is 1.59. The largest absolute Gasteiger partial charge is 0.366 e. The van der Waals surface area contributed by atoms with Gasteiger partial charge in [0.1, 0.15) is 0 Å². The highest BCUT2D eigenvalue weighted by atomic mass is 19.2. The minimum absolute atomic E-state index is 0.160. The number of amides is 1. The fourth-order valence-electron chi connectivity index (χ4n) is 0.910. The minimum Gasteiger partial charge on any atom is -0.366 e. The highest BCUT2D eigenvalue weighted by Crippen LogP contribution is 2.18. The number of hydrogen-bond acceptors (Lipinski definition) is 1. The molecule has 0 aliphatic heterocycles. The van der Waals surface area contributed by atoms with E-state index in [0.29, 0.717) is 0 Å². The first-order chi connectivity index (χ1) is 5.95. The second-order valence-corrected chi connectivity index (χ2v) is 2.55. The molecule has 0 saturated heterocycles. The molecule has 0 fully saturated rings. The van der Waals surface area contributed by atoms with Gasteiger partial charge < -0.3 is 5.73 Å². The number of carbonyl (C=O) groups is 1. The Balaban J connectivity index is 3.50. The normalized spacial score (nSPS) is 10.2. The summed E-state index contributed by atoms with van der Waals surface area (Å²) >= 11 is 0. The lowest BCUT2D eigenvalue weighted by Gasteiger charge is -2.03. The van der Waals surface area contributed by atoms with Crippen molar-refractivity contribution in [1.82, 2.24) is 0 Å². The van der Waals surface area contributed by atoms with Gasteiger partial charge in [0.05, 0.1) is 5.56 Å². The van der Waals surface area contributed by atoms with Gasteiger partial charge in [0.25, 0.3) is 5.91 Å². The lowest BCUT2D eigenvalue weighted by molar-refractivity contribution is 0.0995. The monoisotopic (exact) mass is 189 g/mol. The van der Waals surface area contributed by atoms with Gasteiger partial charge in [0, 0.05) is 0 Å². The van der Waals surface area contributed by atoms with Crippen molar-refractivity contribution >= 4 is 5.91 Å². The number of carbonyl (C=O) groups excluding carboxylic acids is 1. The molecule has 0 aromatic heterocycles. The maximum atomic E-state index is 12.8. The van der Waals surface area contributed by atoms with E-state index in [2.05, 4.69) is 0 Å². The zero-order valence-electron chi connectivity index (χ0n) is 6.70. The topological polar surface area (TPSA) is 43.1 Å². The van der Waals surface area contributed by atoms with Gasteiger partial charge in [0.2, 0.25) is 0 Å². The standard InChI is InChI=1S/C8H6F3NO/c1-3-2-4(8(12)13)6(10)7(11)5(3)9/h2H,1H3,(H2,12,13). The Morgan fingerprint density at radius 3 is 2.23 bits per heavy atom. The Labute approximate surface area is 72.2 Å². The molecule has 0 radical (unpaired) electrons. The van der Waals surface area contributed by atoms with Gasteiger partial charge in [-0.3, -0.25) is 4.79 Å². The van der Waals surface area contributed by atoms with Crippen LogP contribution in [0.3, 0.4) is 0 Å². The average molecular weight is 189 g/mol. The van der Waals surface area contributed by atoms with E-state index in [4.69, 9.17) is 5.73 Å². The van der Waals surface area contributed by atoms with Crippen molar-refractivity contribution in [3.63, 3.8) is 0 Å². The van der Waals surface area contributed by atoms with Crippen LogP contribution in [0.15, 0.2) is 6.07 Å². The predicted molar refractivity (Wildman–Crippen MR) is 39.6 cm³/mol. The van der Waals surface area contributed by atoms with E-state index in [1.165, 1.54) is 6.92 Å². The smallest absolute Gasteiger partial charge is 0.251 e. The lowest BCUT2D eigenvalue weighted by Crippen LogP contribution is -2.15. The Kier molecular flexibility index (Phi) is 2.27. The van der Waals surface area contributed by atoms with Crippen LogP contribution in [0.1, 0.15) is 15.9 Å². The van der Waals surface area contributed by atoms with Crippen LogP contribution in [0, 0.1) is 24.4 Å². The molecule has 0 saturated carbocycles. The zero-order valence-corrected chi connectivity index (χ0v) is 6.70. The average Bonchev–Trinajstić information content (AvgIpc) is 2.07. The lowest BCUT2D eigenvalue weighted by atomic mass is 10.1. The maximum absolute atomic E-state index is 12.8. The molecule has 0 atom stereocenters. The Morgan fingerprint density at radius 2 is 1.77 bits per heavy atom. The highest BCUT2D eigenvalue weighted by molar-refractivity contribution is 5.93. The van der Waals surface area contributed by atoms with Crippen LogP contribution in [0.2, 0.25) is 0 Å². The number of primary amides is 1. The summed E-state index contributed by atoms with van der Waals surface area (Å²) in [6, 6.07) is 0.871. The first kappa shape index (κ1) is 9.57. The number of rotatable bonds is 1. The molecular formula is C8H6F3NO. The van der Waals surface area contributed by atoms with Gasteiger partial charge in [-0.05, 0) is 18.6 Å². The molecule has 1 aromatic carbocycles. The van der Waals surface area contributed by atoms with Crippen molar-refractivity contribution in [1.29, 1.82) is 0 Å². The van der Waals surface area contributed by atoms with E-state index < -0.39 is 28.9 Å². The number of benzene rings is 1. The summed E-state index contributed by atoms with van der Waals surface area (Å²) in [7, 11) is 0. The van der Waals surface area contributed by atoms with Gasteiger partial charge in [-0.25, -0.2) is 13.2 Å². The molecule has 1 aromatic rings. The number of hydrogen-bond donors (Lipinski definition) is 1. The summed E-state index contributed by atoms with van der Waals surface area (Å²) in [6.07, 6.45) is 0. The zero-order chi connectivity index (χ0) is 10.2. The molecule has 0 bridgehead atoms. The summed E-state index contributed by atoms with van der Waals surface area (Å²) in [6.45, 7) is 1.21. The molecule has 2 nitrogen and oxygen atoms in total.